The molecule has 0 aliphatic rings. The van der Waals surface area contributed by atoms with Crippen molar-refractivity contribution in [1.82, 2.24) is 4.98 Å². The van der Waals surface area contributed by atoms with E-state index < -0.39 is 0 Å². The normalized spacial score (nSPS) is 11.0. The predicted molar refractivity (Wildman–Crippen MR) is 113 cm³/mol. The number of anilines is 1. The van der Waals surface area contributed by atoms with E-state index >= 15 is 0 Å². The lowest BCUT2D eigenvalue weighted by atomic mass is 10.1. The highest BCUT2D eigenvalue weighted by molar-refractivity contribution is 6.36. The zero-order valence-corrected chi connectivity index (χ0v) is 16.7. The van der Waals surface area contributed by atoms with Crippen molar-refractivity contribution in [3.8, 4) is 11.5 Å². The Morgan fingerprint density at radius 1 is 0.964 bits per heavy atom. The first-order valence-corrected chi connectivity index (χ1v) is 9.41. The van der Waals surface area contributed by atoms with Crippen molar-refractivity contribution in [3.63, 3.8) is 0 Å². The summed E-state index contributed by atoms with van der Waals surface area (Å²) in [5.41, 5.74) is 5.50. The molecule has 28 heavy (non-hydrogen) atoms. The molecule has 0 fully saturated rings. The monoisotopic (exact) mass is 410 g/mol. The molecule has 0 saturated heterocycles. The van der Waals surface area contributed by atoms with Crippen LogP contribution in [0.5, 0.6) is 0 Å². The van der Waals surface area contributed by atoms with E-state index in [0.29, 0.717) is 38.3 Å². The first kappa shape index (κ1) is 18.5. The second-order valence-electron chi connectivity index (χ2n) is 6.58. The van der Waals surface area contributed by atoms with Crippen LogP contribution in [0.3, 0.4) is 0 Å². The van der Waals surface area contributed by atoms with Crippen LogP contribution >= 0.6 is 23.2 Å². The number of oxazole rings is 1. The maximum absolute atomic E-state index is 12.5. The fourth-order valence-electron chi connectivity index (χ4n) is 2.87. The molecule has 0 bridgehead atoms. The molecule has 4 rings (SSSR count). The van der Waals surface area contributed by atoms with Crippen molar-refractivity contribution in [2.45, 2.75) is 13.8 Å². The molecule has 0 radical (unpaired) electrons. The zero-order valence-electron chi connectivity index (χ0n) is 15.2. The van der Waals surface area contributed by atoms with Gasteiger partial charge in [0, 0.05) is 16.3 Å². The van der Waals surface area contributed by atoms with Crippen LogP contribution in [0.15, 0.2) is 59.0 Å². The fraction of sp³-hybridized carbons (Fsp3) is 0.0909. The van der Waals surface area contributed by atoms with Crippen molar-refractivity contribution >= 4 is 45.9 Å². The van der Waals surface area contributed by atoms with Crippen LogP contribution < -0.4 is 5.32 Å². The molecule has 4 nitrogen and oxygen atoms in total. The first-order valence-electron chi connectivity index (χ1n) is 8.65. The average molecular weight is 411 g/mol. The molecule has 0 unspecified atom stereocenters. The molecule has 0 spiro atoms. The number of hydrogen-bond acceptors (Lipinski definition) is 3. The minimum absolute atomic E-state index is 0.310. The van der Waals surface area contributed by atoms with E-state index in [4.69, 9.17) is 27.6 Å². The van der Waals surface area contributed by atoms with Crippen LogP contribution in [0, 0.1) is 13.8 Å². The van der Waals surface area contributed by atoms with Crippen LogP contribution in [0.1, 0.15) is 21.5 Å². The number of aryl methyl sites for hydroxylation is 2. The molecule has 1 aromatic heterocycles. The fourth-order valence-corrected chi connectivity index (χ4v) is 3.25. The largest absolute Gasteiger partial charge is 0.436 e. The smallest absolute Gasteiger partial charge is 0.257 e. The van der Waals surface area contributed by atoms with Crippen molar-refractivity contribution in [3.05, 3.63) is 81.3 Å². The summed E-state index contributed by atoms with van der Waals surface area (Å²) in [4.78, 5) is 17.1. The number of rotatable bonds is 3. The summed E-state index contributed by atoms with van der Waals surface area (Å²) in [7, 11) is 0. The number of carbonyl (C=O) groups is 1. The van der Waals surface area contributed by atoms with Gasteiger partial charge in [0.25, 0.3) is 5.91 Å². The summed E-state index contributed by atoms with van der Waals surface area (Å²) in [5, 5.41) is 3.60. The Morgan fingerprint density at radius 3 is 2.57 bits per heavy atom. The molecule has 6 heteroatoms. The molecule has 1 N–H and O–H groups in total. The second-order valence-corrected chi connectivity index (χ2v) is 7.42. The first-order chi connectivity index (χ1) is 13.4. The van der Waals surface area contributed by atoms with Gasteiger partial charge in [-0.2, -0.15) is 0 Å². The lowest BCUT2D eigenvalue weighted by Gasteiger charge is -2.07. The molecule has 0 saturated carbocycles. The quantitative estimate of drug-likeness (QED) is 0.410. The number of benzene rings is 3. The second kappa shape index (κ2) is 7.30. The minimum Gasteiger partial charge on any atom is -0.436 e. The molecule has 0 aliphatic heterocycles. The molecular formula is C22H16Cl2N2O2. The highest BCUT2D eigenvalue weighted by atomic mass is 35.5. The molecule has 3 aromatic carbocycles. The lowest BCUT2D eigenvalue weighted by Crippen LogP contribution is -2.12. The van der Waals surface area contributed by atoms with Crippen LogP contribution in [0.4, 0.5) is 5.69 Å². The van der Waals surface area contributed by atoms with Crippen molar-refractivity contribution in [1.29, 1.82) is 0 Å². The molecular weight excluding hydrogens is 395 g/mol. The van der Waals surface area contributed by atoms with E-state index in [-0.39, 0.29) is 5.91 Å². The molecule has 140 valence electrons. The van der Waals surface area contributed by atoms with Gasteiger partial charge in [0.15, 0.2) is 5.58 Å². The van der Waals surface area contributed by atoms with Crippen LogP contribution in [-0.2, 0) is 0 Å². The van der Waals surface area contributed by atoms with Gasteiger partial charge >= 0.3 is 0 Å². The summed E-state index contributed by atoms with van der Waals surface area (Å²) in [6.07, 6.45) is 0. The van der Waals surface area contributed by atoms with Gasteiger partial charge in [0.05, 0.1) is 10.6 Å². The number of amides is 1. The Labute approximate surface area is 172 Å². The Bertz CT molecular complexity index is 1210. The number of nitrogens with zero attached hydrogens (tertiary/aromatic N) is 1. The number of halogens is 2. The van der Waals surface area contributed by atoms with E-state index in [1.165, 1.54) is 17.2 Å². The highest BCUT2D eigenvalue weighted by Crippen LogP contribution is 2.28. The lowest BCUT2D eigenvalue weighted by molar-refractivity contribution is 0.102. The van der Waals surface area contributed by atoms with Gasteiger partial charge in [0.1, 0.15) is 5.52 Å². The maximum Gasteiger partial charge on any atom is 0.257 e. The third-order valence-electron chi connectivity index (χ3n) is 4.57. The standard InChI is InChI=1S/C22H16Cl2N2O2/c1-12-3-4-14(9-13(12)2)22-26-19-11-16(6-8-20(19)28-22)25-21(27)17-10-15(23)5-7-18(17)24/h3-11H,1-2H3,(H,25,27). The summed E-state index contributed by atoms with van der Waals surface area (Å²) < 4.78 is 5.87. The summed E-state index contributed by atoms with van der Waals surface area (Å²) in [5.74, 6) is 0.198. The molecule has 1 amide bonds. The number of nitrogens with one attached hydrogen (secondary N) is 1. The number of carbonyl (C=O) groups excluding carboxylic acids is 1. The number of fused-ring (bicyclic) bond motifs is 1. The molecule has 1 heterocycles. The molecule has 0 aliphatic carbocycles. The van der Waals surface area contributed by atoms with E-state index in [1.807, 2.05) is 18.2 Å². The maximum atomic E-state index is 12.5. The Balaban J connectivity index is 1.63. The van der Waals surface area contributed by atoms with Gasteiger partial charge in [-0.15, -0.1) is 0 Å². The third kappa shape index (κ3) is 3.61. The van der Waals surface area contributed by atoms with Crippen molar-refractivity contribution < 1.29 is 9.21 Å². The van der Waals surface area contributed by atoms with E-state index in [1.54, 1.807) is 30.3 Å². The predicted octanol–water partition coefficient (Wildman–Crippen LogP) is 6.67. The van der Waals surface area contributed by atoms with Crippen LogP contribution in [0.2, 0.25) is 10.0 Å². The molecule has 4 aromatic rings. The van der Waals surface area contributed by atoms with Gasteiger partial charge in [-0.3, -0.25) is 4.79 Å². The average Bonchev–Trinajstić information content (AvgIpc) is 3.09. The SMILES string of the molecule is Cc1ccc(-c2nc3cc(NC(=O)c4cc(Cl)ccc4Cl)ccc3o2)cc1C. The highest BCUT2D eigenvalue weighted by Gasteiger charge is 2.14. The van der Waals surface area contributed by atoms with Crippen LogP contribution in [-0.4, -0.2) is 10.9 Å². The number of hydrogen-bond donors (Lipinski definition) is 1. The van der Waals surface area contributed by atoms with Gasteiger partial charge in [0.2, 0.25) is 5.89 Å². The van der Waals surface area contributed by atoms with Gasteiger partial charge in [-0.05, 0) is 73.5 Å². The van der Waals surface area contributed by atoms with Gasteiger partial charge in [-0.1, -0.05) is 29.3 Å². The Kier molecular flexibility index (Phi) is 4.84. The van der Waals surface area contributed by atoms with Gasteiger partial charge < -0.3 is 9.73 Å². The summed E-state index contributed by atoms with van der Waals surface area (Å²) in [6, 6.07) is 16.1. The summed E-state index contributed by atoms with van der Waals surface area (Å²) in [6.45, 7) is 4.11. The van der Waals surface area contributed by atoms with E-state index in [2.05, 4.69) is 24.1 Å². The van der Waals surface area contributed by atoms with E-state index in [0.717, 1.165) is 5.56 Å². The van der Waals surface area contributed by atoms with Gasteiger partial charge in [-0.25, -0.2) is 4.98 Å². The van der Waals surface area contributed by atoms with Crippen molar-refractivity contribution in [2.24, 2.45) is 0 Å². The van der Waals surface area contributed by atoms with Crippen LogP contribution in [0.25, 0.3) is 22.6 Å². The topological polar surface area (TPSA) is 55.1 Å². The minimum atomic E-state index is -0.343. The van der Waals surface area contributed by atoms with Crippen molar-refractivity contribution in [2.75, 3.05) is 5.32 Å². The van der Waals surface area contributed by atoms with E-state index in [9.17, 15) is 4.79 Å². The summed E-state index contributed by atoms with van der Waals surface area (Å²) >= 11 is 12.1. The number of aromatic nitrogens is 1. The molecule has 0 atom stereocenters. The Morgan fingerprint density at radius 2 is 1.79 bits per heavy atom. The third-order valence-corrected chi connectivity index (χ3v) is 5.14. The Hall–Kier alpha value is -2.82. The zero-order chi connectivity index (χ0) is 19.8.